The average molecular weight is 348 g/mol. The highest BCUT2D eigenvalue weighted by atomic mass is 79.9. The molecule has 0 aromatic rings. The van der Waals surface area contributed by atoms with Gasteiger partial charge in [0, 0.05) is 0 Å². The van der Waals surface area contributed by atoms with E-state index < -0.39 is 0 Å². The molecule has 0 aliphatic rings. The third-order valence-electron chi connectivity index (χ3n) is 3.76. The summed E-state index contributed by atoms with van der Waals surface area (Å²) in [6.07, 6.45) is 24.2. The van der Waals surface area contributed by atoms with Crippen molar-refractivity contribution >= 4 is 0 Å². The van der Waals surface area contributed by atoms with Crippen molar-refractivity contribution in [1.29, 1.82) is 0 Å². The van der Waals surface area contributed by atoms with Gasteiger partial charge in [0.05, 0.1) is 6.54 Å². The minimum atomic E-state index is 0. The van der Waals surface area contributed by atoms with Crippen molar-refractivity contribution in [3.8, 4) is 0 Å². The molecule has 0 heterocycles. The molecule has 3 N–H and O–H groups in total. The van der Waals surface area contributed by atoms with Crippen LogP contribution in [-0.4, -0.2) is 6.54 Å². The van der Waals surface area contributed by atoms with E-state index in [1.54, 1.807) is 0 Å². The molecule has 1 nitrogen and oxygen atoms in total. The van der Waals surface area contributed by atoms with Gasteiger partial charge in [0.2, 0.25) is 0 Å². The lowest BCUT2D eigenvalue weighted by Crippen LogP contribution is -3.00. The van der Waals surface area contributed by atoms with Crippen LogP contribution in [0.1, 0.15) is 96.8 Å². The Morgan fingerprint density at radius 1 is 0.600 bits per heavy atom. The topological polar surface area (TPSA) is 27.6 Å². The summed E-state index contributed by atoms with van der Waals surface area (Å²) >= 11 is 0. The number of hydrogen-bond donors (Lipinski definition) is 1. The van der Waals surface area contributed by atoms with E-state index in [0.29, 0.717) is 0 Å². The first-order valence-corrected chi connectivity index (χ1v) is 8.86. The Morgan fingerprint density at radius 3 is 1.45 bits per heavy atom. The monoisotopic (exact) mass is 347 g/mol. The van der Waals surface area contributed by atoms with Crippen molar-refractivity contribution < 1.29 is 22.7 Å². The largest absolute Gasteiger partial charge is 1.00 e. The smallest absolute Gasteiger partial charge is 0.0739 e. The lowest BCUT2D eigenvalue weighted by Gasteiger charge is -1.99. The number of hydrogen-bond acceptors (Lipinski definition) is 0. The molecule has 0 aromatic carbocycles. The van der Waals surface area contributed by atoms with E-state index in [2.05, 4.69) is 24.8 Å². The molecule has 2 heteroatoms. The molecular weight excluding hydrogens is 310 g/mol. The molecule has 122 valence electrons. The minimum absolute atomic E-state index is 0. The third kappa shape index (κ3) is 20.5. The second-order valence-corrected chi connectivity index (χ2v) is 5.79. The number of quaternary nitrogens is 1. The fourth-order valence-corrected chi connectivity index (χ4v) is 2.42. The molecule has 0 aliphatic heterocycles. The summed E-state index contributed by atoms with van der Waals surface area (Å²) in [7, 11) is 0. The molecule has 0 radical (unpaired) electrons. The predicted octanol–water partition coefficient (Wildman–Crippen LogP) is 2.27. The van der Waals surface area contributed by atoms with Gasteiger partial charge in [0.15, 0.2) is 0 Å². The lowest BCUT2D eigenvalue weighted by molar-refractivity contribution is -0.368. The summed E-state index contributed by atoms with van der Waals surface area (Å²) < 4.78 is 0. The third-order valence-corrected chi connectivity index (χ3v) is 3.76. The Hall–Kier alpha value is 0.180. The van der Waals surface area contributed by atoms with Gasteiger partial charge >= 0.3 is 0 Å². The number of halogens is 1. The van der Waals surface area contributed by atoms with E-state index in [0.717, 1.165) is 6.54 Å². The highest BCUT2D eigenvalue weighted by Gasteiger charge is 1.90. The lowest BCUT2D eigenvalue weighted by atomic mass is 10.1. The van der Waals surface area contributed by atoms with Crippen LogP contribution in [0.4, 0.5) is 0 Å². The predicted molar refractivity (Wildman–Crippen MR) is 87.2 cm³/mol. The van der Waals surface area contributed by atoms with Crippen LogP contribution in [0.5, 0.6) is 0 Å². The van der Waals surface area contributed by atoms with Gasteiger partial charge in [-0.3, -0.25) is 0 Å². The molecule has 0 aliphatic carbocycles. The first-order chi connectivity index (χ1) is 9.41. The fourth-order valence-electron chi connectivity index (χ4n) is 2.42. The zero-order valence-electron chi connectivity index (χ0n) is 13.8. The normalized spacial score (nSPS) is 10.9. The van der Waals surface area contributed by atoms with E-state index in [-0.39, 0.29) is 17.0 Å². The van der Waals surface area contributed by atoms with Crippen LogP contribution in [0.2, 0.25) is 0 Å². The molecule has 0 spiro atoms. The van der Waals surface area contributed by atoms with Gasteiger partial charge < -0.3 is 22.7 Å². The standard InChI is InChI=1S/C18H37N.BrH/c1-2-3-4-5-6-7-8-9-10-11-12-13-14-15-16-17-18-19;/h9-10H,2-8,11-19H2,1H3;1H. The van der Waals surface area contributed by atoms with Crippen molar-refractivity contribution in [2.75, 3.05) is 6.54 Å². The van der Waals surface area contributed by atoms with Gasteiger partial charge in [0.25, 0.3) is 0 Å². The zero-order chi connectivity index (χ0) is 14.0. The Morgan fingerprint density at radius 2 is 1.00 bits per heavy atom. The van der Waals surface area contributed by atoms with Gasteiger partial charge in [0.1, 0.15) is 0 Å². The van der Waals surface area contributed by atoms with Crippen LogP contribution in [0.25, 0.3) is 0 Å². The van der Waals surface area contributed by atoms with Crippen LogP contribution in [0, 0.1) is 0 Å². The number of allylic oxidation sites excluding steroid dienone is 2. The van der Waals surface area contributed by atoms with Gasteiger partial charge in [-0.2, -0.15) is 0 Å². The number of unbranched alkanes of at least 4 members (excludes halogenated alkanes) is 12. The zero-order valence-corrected chi connectivity index (χ0v) is 15.4. The molecule has 0 atom stereocenters. The molecular formula is C18H38BrN. The van der Waals surface area contributed by atoms with Crippen LogP contribution in [-0.2, 0) is 0 Å². The first-order valence-electron chi connectivity index (χ1n) is 8.86. The molecule has 0 amide bonds. The van der Waals surface area contributed by atoms with Crippen molar-refractivity contribution in [3.05, 3.63) is 12.2 Å². The van der Waals surface area contributed by atoms with Gasteiger partial charge in [-0.05, 0) is 38.5 Å². The second-order valence-electron chi connectivity index (χ2n) is 5.79. The van der Waals surface area contributed by atoms with Crippen molar-refractivity contribution in [1.82, 2.24) is 0 Å². The van der Waals surface area contributed by atoms with Crippen LogP contribution in [0.15, 0.2) is 12.2 Å². The second kappa shape index (κ2) is 21.5. The summed E-state index contributed by atoms with van der Waals surface area (Å²) in [5.41, 5.74) is 3.88. The van der Waals surface area contributed by atoms with Crippen molar-refractivity contribution in [3.63, 3.8) is 0 Å². The van der Waals surface area contributed by atoms with Gasteiger partial charge in [-0.1, -0.05) is 70.4 Å². The first kappa shape index (κ1) is 22.5. The summed E-state index contributed by atoms with van der Waals surface area (Å²) in [4.78, 5) is 0. The maximum absolute atomic E-state index is 3.88. The average Bonchev–Trinajstić information content (AvgIpc) is 2.43. The Kier molecular flexibility index (Phi) is 24.1. The van der Waals surface area contributed by atoms with E-state index in [1.165, 1.54) is 89.9 Å². The van der Waals surface area contributed by atoms with E-state index in [1.807, 2.05) is 0 Å². The maximum Gasteiger partial charge on any atom is 0.0739 e. The highest BCUT2D eigenvalue weighted by molar-refractivity contribution is 4.81. The van der Waals surface area contributed by atoms with E-state index in [9.17, 15) is 0 Å². The Bertz CT molecular complexity index is 180. The quantitative estimate of drug-likeness (QED) is 0.347. The fraction of sp³-hybridized carbons (Fsp3) is 0.889. The van der Waals surface area contributed by atoms with Gasteiger partial charge in [-0.15, -0.1) is 0 Å². The Labute approximate surface area is 138 Å². The molecule has 0 unspecified atom stereocenters. The SMILES string of the molecule is CCCCCCCCC=CCCCCCCCC[NH3+].[Br-]. The van der Waals surface area contributed by atoms with Crippen LogP contribution < -0.4 is 22.7 Å². The summed E-state index contributed by atoms with van der Waals surface area (Å²) in [5.74, 6) is 0. The summed E-state index contributed by atoms with van der Waals surface area (Å²) in [6.45, 7) is 3.39. The Balaban J connectivity index is 0. The van der Waals surface area contributed by atoms with Crippen LogP contribution >= 0.6 is 0 Å². The highest BCUT2D eigenvalue weighted by Crippen LogP contribution is 2.09. The number of rotatable bonds is 15. The van der Waals surface area contributed by atoms with Crippen molar-refractivity contribution in [2.24, 2.45) is 0 Å². The maximum atomic E-state index is 3.88. The van der Waals surface area contributed by atoms with Gasteiger partial charge in [-0.25, -0.2) is 0 Å². The molecule has 20 heavy (non-hydrogen) atoms. The summed E-state index contributed by atoms with van der Waals surface area (Å²) in [6, 6.07) is 0. The minimum Gasteiger partial charge on any atom is -1.00 e. The molecule has 0 rings (SSSR count). The van der Waals surface area contributed by atoms with Crippen molar-refractivity contribution in [2.45, 2.75) is 96.8 Å². The molecule has 0 aromatic heterocycles. The van der Waals surface area contributed by atoms with E-state index >= 15 is 0 Å². The van der Waals surface area contributed by atoms with Crippen LogP contribution in [0.3, 0.4) is 0 Å². The summed E-state index contributed by atoms with van der Waals surface area (Å²) in [5, 5.41) is 0. The molecule has 0 saturated carbocycles. The molecule has 0 fully saturated rings. The molecule has 0 bridgehead atoms. The molecule has 0 saturated heterocycles. The van der Waals surface area contributed by atoms with E-state index in [4.69, 9.17) is 0 Å².